The van der Waals surface area contributed by atoms with Gasteiger partial charge in [-0.05, 0) is 6.92 Å². The highest BCUT2D eigenvalue weighted by Crippen LogP contribution is 2.32. The van der Waals surface area contributed by atoms with Crippen LogP contribution in [-0.4, -0.2) is 26.5 Å². The standard InChI is InChI=1S/C9H9N5O3S/c1-2-17-8-6(14(15)16)7(11-5-12-8)13-9-10-3-4-18-9/h3-5H,2H2,1H3,(H,10,11,12,13). The fraction of sp³-hybridized carbons (Fsp3) is 0.222. The quantitative estimate of drug-likeness (QED) is 0.652. The van der Waals surface area contributed by atoms with Crippen molar-refractivity contribution < 1.29 is 9.66 Å². The summed E-state index contributed by atoms with van der Waals surface area (Å²) in [5, 5.41) is 16.1. The van der Waals surface area contributed by atoms with Crippen LogP contribution in [0.3, 0.4) is 0 Å². The third kappa shape index (κ3) is 2.51. The number of aromatic nitrogens is 3. The molecule has 0 bridgehead atoms. The summed E-state index contributed by atoms with van der Waals surface area (Å²) in [5.74, 6) is 0.00459. The van der Waals surface area contributed by atoms with E-state index in [0.717, 1.165) is 0 Å². The highest BCUT2D eigenvalue weighted by atomic mass is 32.1. The fourth-order valence-corrected chi connectivity index (χ4v) is 1.78. The van der Waals surface area contributed by atoms with Gasteiger partial charge in [0.15, 0.2) is 5.13 Å². The van der Waals surface area contributed by atoms with Crippen LogP contribution < -0.4 is 10.1 Å². The highest BCUT2D eigenvalue weighted by molar-refractivity contribution is 7.13. The van der Waals surface area contributed by atoms with Gasteiger partial charge in [-0.1, -0.05) is 0 Å². The zero-order valence-electron chi connectivity index (χ0n) is 9.36. The average molecular weight is 267 g/mol. The van der Waals surface area contributed by atoms with Crippen LogP contribution in [0.25, 0.3) is 0 Å². The Balaban J connectivity index is 2.39. The maximum Gasteiger partial charge on any atom is 0.373 e. The summed E-state index contributed by atoms with van der Waals surface area (Å²) >= 11 is 1.31. The first-order valence-corrected chi connectivity index (χ1v) is 5.89. The van der Waals surface area contributed by atoms with Crippen molar-refractivity contribution in [1.29, 1.82) is 0 Å². The van der Waals surface area contributed by atoms with E-state index in [2.05, 4.69) is 20.3 Å². The van der Waals surface area contributed by atoms with Gasteiger partial charge in [0.1, 0.15) is 6.33 Å². The molecule has 1 N–H and O–H groups in total. The largest absolute Gasteiger partial charge is 0.473 e. The topological polar surface area (TPSA) is 103 Å². The predicted molar refractivity (Wildman–Crippen MR) is 65.3 cm³/mol. The first kappa shape index (κ1) is 12.2. The van der Waals surface area contributed by atoms with Crippen molar-refractivity contribution in [2.75, 3.05) is 11.9 Å². The Morgan fingerprint density at radius 2 is 2.33 bits per heavy atom. The second-order valence-corrected chi connectivity index (χ2v) is 3.92. The zero-order chi connectivity index (χ0) is 13.0. The normalized spacial score (nSPS) is 10.1. The van der Waals surface area contributed by atoms with Gasteiger partial charge >= 0.3 is 5.69 Å². The molecular weight excluding hydrogens is 258 g/mol. The zero-order valence-corrected chi connectivity index (χ0v) is 10.2. The van der Waals surface area contributed by atoms with Gasteiger partial charge in [0.05, 0.1) is 11.5 Å². The van der Waals surface area contributed by atoms with E-state index >= 15 is 0 Å². The molecule has 0 saturated heterocycles. The summed E-state index contributed by atoms with van der Waals surface area (Å²) in [7, 11) is 0. The van der Waals surface area contributed by atoms with E-state index in [9.17, 15) is 10.1 Å². The van der Waals surface area contributed by atoms with E-state index in [1.54, 1.807) is 18.5 Å². The van der Waals surface area contributed by atoms with Crippen molar-refractivity contribution in [3.63, 3.8) is 0 Å². The number of anilines is 2. The van der Waals surface area contributed by atoms with E-state index in [-0.39, 0.29) is 24.0 Å². The average Bonchev–Trinajstić information content (AvgIpc) is 2.82. The van der Waals surface area contributed by atoms with Crippen LogP contribution in [0.1, 0.15) is 6.92 Å². The molecule has 0 saturated carbocycles. The summed E-state index contributed by atoms with van der Waals surface area (Å²) in [6, 6.07) is 0. The van der Waals surface area contributed by atoms with E-state index in [0.29, 0.717) is 5.13 Å². The molecular formula is C9H9N5O3S. The van der Waals surface area contributed by atoms with Crippen molar-refractivity contribution in [1.82, 2.24) is 15.0 Å². The van der Waals surface area contributed by atoms with Gasteiger partial charge < -0.3 is 10.1 Å². The SMILES string of the molecule is CCOc1ncnc(Nc2nccs2)c1[N+](=O)[O-]. The first-order valence-electron chi connectivity index (χ1n) is 5.01. The van der Waals surface area contributed by atoms with E-state index in [4.69, 9.17) is 4.74 Å². The Kier molecular flexibility index (Phi) is 3.63. The van der Waals surface area contributed by atoms with E-state index in [1.807, 2.05) is 0 Å². The molecule has 8 nitrogen and oxygen atoms in total. The molecule has 0 atom stereocenters. The van der Waals surface area contributed by atoms with Crippen molar-refractivity contribution >= 4 is 28.0 Å². The van der Waals surface area contributed by atoms with Gasteiger partial charge in [0.25, 0.3) is 5.88 Å². The molecule has 0 aliphatic heterocycles. The molecule has 2 heterocycles. The summed E-state index contributed by atoms with van der Waals surface area (Å²) < 4.78 is 5.11. The summed E-state index contributed by atoms with van der Waals surface area (Å²) in [4.78, 5) is 22.0. The number of nitrogens with zero attached hydrogens (tertiary/aromatic N) is 4. The lowest BCUT2D eigenvalue weighted by Crippen LogP contribution is -2.05. The fourth-order valence-electron chi connectivity index (χ4n) is 1.25. The third-order valence-corrected chi connectivity index (χ3v) is 2.60. The summed E-state index contributed by atoms with van der Waals surface area (Å²) in [6.07, 6.45) is 2.79. The van der Waals surface area contributed by atoms with Crippen LogP contribution in [0.15, 0.2) is 17.9 Å². The first-order chi connectivity index (χ1) is 8.72. The Bertz CT molecular complexity index is 545. The van der Waals surface area contributed by atoms with Crippen LogP contribution in [0.2, 0.25) is 0 Å². The minimum absolute atomic E-state index is 0.0587. The molecule has 2 rings (SSSR count). The molecule has 2 aromatic heterocycles. The van der Waals surface area contributed by atoms with Gasteiger partial charge in [0.2, 0.25) is 5.82 Å². The molecule has 2 aromatic rings. The molecule has 0 aromatic carbocycles. The molecule has 0 amide bonds. The molecule has 0 fully saturated rings. The highest BCUT2D eigenvalue weighted by Gasteiger charge is 2.24. The molecule has 0 spiro atoms. The number of hydrogen-bond donors (Lipinski definition) is 1. The van der Waals surface area contributed by atoms with Crippen molar-refractivity contribution in [3.05, 3.63) is 28.0 Å². The molecule has 94 valence electrons. The Morgan fingerprint density at radius 1 is 1.50 bits per heavy atom. The van der Waals surface area contributed by atoms with Crippen LogP contribution >= 0.6 is 11.3 Å². The van der Waals surface area contributed by atoms with Gasteiger partial charge in [-0.2, -0.15) is 4.98 Å². The monoisotopic (exact) mass is 267 g/mol. The molecule has 0 radical (unpaired) electrons. The van der Waals surface area contributed by atoms with Gasteiger partial charge in [0, 0.05) is 11.6 Å². The molecule has 0 unspecified atom stereocenters. The lowest BCUT2D eigenvalue weighted by molar-refractivity contribution is -0.385. The van der Waals surface area contributed by atoms with E-state index < -0.39 is 4.92 Å². The van der Waals surface area contributed by atoms with Gasteiger partial charge in [-0.25, -0.2) is 9.97 Å². The van der Waals surface area contributed by atoms with Crippen molar-refractivity contribution in [2.45, 2.75) is 6.92 Å². The number of hydrogen-bond acceptors (Lipinski definition) is 8. The lowest BCUT2D eigenvalue weighted by Gasteiger charge is -2.06. The second kappa shape index (κ2) is 5.36. The van der Waals surface area contributed by atoms with Crippen LogP contribution in [0, 0.1) is 10.1 Å². The number of nitrogens with one attached hydrogen (secondary N) is 1. The van der Waals surface area contributed by atoms with Crippen LogP contribution in [0.5, 0.6) is 5.88 Å². The molecule has 9 heteroatoms. The molecule has 18 heavy (non-hydrogen) atoms. The maximum atomic E-state index is 11.0. The Labute approximate surface area is 106 Å². The smallest absolute Gasteiger partial charge is 0.373 e. The Hall–Kier alpha value is -2.29. The second-order valence-electron chi connectivity index (χ2n) is 3.03. The molecule has 0 aliphatic carbocycles. The van der Waals surface area contributed by atoms with Crippen molar-refractivity contribution in [3.8, 4) is 5.88 Å². The van der Waals surface area contributed by atoms with Crippen LogP contribution in [-0.2, 0) is 0 Å². The van der Waals surface area contributed by atoms with Gasteiger partial charge in [-0.15, -0.1) is 11.3 Å². The summed E-state index contributed by atoms with van der Waals surface area (Å²) in [6.45, 7) is 2.01. The minimum atomic E-state index is -0.582. The van der Waals surface area contributed by atoms with E-state index in [1.165, 1.54) is 17.7 Å². The lowest BCUT2D eigenvalue weighted by atomic mass is 10.4. The number of ether oxygens (including phenoxy) is 1. The Morgan fingerprint density at radius 3 is 2.94 bits per heavy atom. The number of nitro groups is 1. The minimum Gasteiger partial charge on any atom is -0.473 e. The number of rotatable bonds is 5. The predicted octanol–water partition coefficient (Wildman–Crippen LogP) is 1.98. The number of thiazole rings is 1. The van der Waals surface area contributed by atoms with Crippen molar-refractivity contribution in [2.24, 2.45) is 0 Å². The third-order valence-electron chi connectivity index (χ3n) is 1.91. The van der Waals surface area contributed by atoms with Gasteiger partial charge in [-0.3, -0.25) is 10.1 Å². The van der Waals surface area contributed by atoms with Crippen LogP contribution in [0.4, 0.5) is 16.6 Å². The molecule has 0 aliphatic rings. The maximum absolute atomic E-state index is 11.0. The summed E-state index contributed by atoms with van der Waals surface area (Å²) in [5.41, 5.74) is -0.297.